The van der Waals surface area contributed by atoms with Crippen molar-refractivity contribution in [2.24, 2.45) is 0 Å². The van der Waals surface area contributed by atoms with Crippen molar-refractivity contribution < 1.29 is 16.6 Å². The number of hydrogen-bond donors (Lipinski definition) is 0. The molecular formula is C40H46Ti. The summed E-state index contributed by atoms with van der Waals surface area (Å²) in [5, 5.41) is 5.86. The average Bonchev–Trinajstić information content (AvgIpc) is 3.54. The number of hydrogen-bond acceptors (Lipinski definition) is 0. The van der Waals surface area contributed by atoms with E-state index in [1.807, 2.05) is 11.1 Å². The topological polar surface area (TPSA) is 0 Å². The van der Waals surface area contributed by atoms with E-state index >= 15 is 0 Å². The Morgan fingerprint density at radius 3 is 1.41 bits per heavy atom. The maximum absolute atomic E-state index is 2.74. The molecule has 4 aromatic carbocycles. The van der Waals surface area contributed by atoms with Gasteiger partial charge in [0.1, 0.15) is 0 Å². The molecule has 0 aromatic heterocycles. The summed E-state index contributed by atoms with van der Waals surface area (Å²) in [7, 11) is 0. The van der Waals surface area contributed by atoms with E-state index < -0.39 is 16.6 Å². The minimum absolute atomic E-state index is 0.691. The third-order valence-electron chi connectivity index (χ3n) is 11.1. The summed E-state index contributed by atoms with van der Waals surface area (Å²) >= 11 is -2.74. The van der Waals surface area contributed by atoms with Crippen LogP contribution in [0.3, 0.4) is 0 Å². The van der Waals surface area contributed by atoms with Gasteiger partial charge >= 0.3 is 252 Å². The fraction of sp³-hybridized carbons (Fsp3) is 0.400. The van der Waals surface area contributed by atoms with Gasteiger partial charge in [0.05, 0.1) is 0 Å². The van der Waals surface area contributed by atoms with Crippen molar-refractivity contribution in [3.05, 3.63) is 106 Å². The van der Waals surface area contributed by atoms with Gasteiger partial charge in [0.2, 0.25) is 0 Å². The molecule has 4 bridgehead atoms. The molecule has 4 aromatic rings. The van der Waals surface area contributed by atoms with Gasteiger partial charge in [-0.25, -0.2) is 0 Å². The Balaban J connectivity index is 1.59. The zero-order valence-corrected chi connectivity index (χ0v) is 27.2. The van der Waals surface area contributed by atoms with Crippen molar-refractivity contribution in [3.8, 4) is 0 Å². The van der Waals surface area contributed by atoms with Gasteiger partial charge in [0.25, 0.3) is 0 Å². The number of fused-ring (bicyclic) bond motifs is 12. The normalized spacial score (nSPS) is 20.8. The molecule has 0 radical (unpaired) electrons. The molecule has 3 aliphatic rings. The summed E-state index contributed by atoms with van der Waals surface area (Å²) in [6.45, 7) is 9.83. The van der Waals surface area contributed by atoms with Gasteiger partial charge in [-0.3, -0.25) is 0 Å². The first-order valence-electron chi connectivity index (χ1n) is 16.7. The van der Waals surface area contributed by atoms with E-state index in [1.165, 1.54) is 82.4 Å². The van der Waals surface area contributed by atoms with Crippen molar-refractivity contribution >= 4 is 32.7 Å². The molecule has 0 saturated carbocycles. The molecule has 1 heterocycles. The van der Waals surface area contributed by atoms with Crippen molar-refractivity contribution in [2.45, 2.75) is 97.0 Å². The molecule has 0 amide bonds. The van der Waals surface area contributed by atoms with Crippen LogP contribution in [0, 0.1) is 0 Å². The molecule has 7 rings (SSSR count). The van der Waals surface area contributed by atoms with Crippen LogP contribution in [0.1, 0.15) is 110 Å². The average molecular weight is 575 g/mol. The molecular weight excluding hydrogens is 528 g/mol. The van der Waals surface area contributed by atoms with Crippen molar-refractivity contribution in [1.82, 2.24) is 0 Å². The van der Waals surface area contributed by atoms with Gasteiger partial charge in [0.15, 0.2) is 0 Å². The first-order chi connectivity index (χ1) is 20.2. The van der Waals surface area contributed by atoms with Gasteiger partial charge in [-0.15, -0.1) is 0 Å². The molecule has 210 valence electrons. The second kappa shape index (κ2) is 11.0. The molecule has 2 unspecified atom stereocenters. The monoisotopic (exact) mass is 574 g/mol. The van der Waals surface area contributed by atoms with Crippen LogP contribution in [0.5, 0.6) is 0 Å². The maximum atomic E-state index is 2.61. The van der Waals surface area contributed by atoms with E-state index in [2.05, 4.69) is 100 Å². The molecule has 1 heteroatoms. The number of benzene rings is 4. The quantitative estimate of drug-likeness (QED) is 0.184. The third-order valence-corrected chi connectivity index (χ3v) is 20.8. The summed E-state index contributed by atoms with van der Waals surface area (Å²) in [6, 6.07) is 28.7. The Hall–Kier alpha value is -2.41. The van der Waals surface area contributed by atoms with Crippen molar-refractivity contribution in [3.63, 3.8) is 0 Å². The van der Waals surface area contributed by atoms with Gasteiger partial charge < -0.3 is 0 Å². The zero-order chi connectivity index (χ0) is 28.1. The van der Waals surface area contributed by atoms with Crippen LogP contribution < -0.4 is 0 Å². The summed E-state index contributed by atoms with van der Waals surface area (Å²) in [5.41, 5.74) is 14.0. The molecule has 2 aliphatic carbocycles. The third kappa shape index (κ3) is 4.04. The van der Waals surface area contributed by atoms with E-state index in [9.17, 15) is 0 Å². The molecule has 0 N–H and O–H groups in total. The predicted molar refractivity (Wildman–Crippen MR) is 176 cm³/mol. The Morgan fingerprint density at radius 2 is 1.00 bits per heavy atom. The van der Waals surface area contributed by atoms with Crippen LogP contribution in [-0.2, 0) is 16.6 Å². The van der Waals surface area contributed by atoms with Gasteiger partial charge in [-0.2, -0.15) is 0 Å². The van der Waals surface area contributed by atoms with E-state index in [0.29, 0.717) is 8.45 Å². The molecule has 0 nitrogen and oxygen atoms in total. The first kappa shape index (κ1) is 27.4. The number of unbranched alkanes of at least 4 members (excludes halogenated alkanes) is 2. The van der Waals surface area contributed by atoms with Crippen LogP contribution in [-0.4, -0.2) is 0 Å². The van der Waals surface area contributed by atoms with E-state index in [1.54, 1.807) is 33.4 Å². The van der Waals surface area contributed by atoms with Crippen molar-refractivity contribution in [2.75, 3.05) is 0 Å². The Morgan fingerprint density at radius 1 is 0.561 bits per heavy atom. The van der Waals surface area contributed by atoms with Gasteiger partial charge in [0, 0.05) is 0 Å². The van der Waals surface area contributed by atoms with Gasteiger partial charge in [-0.1, -0.05) is 0 Å². The van der Waals surface area contributed by atoms with Gasteiger partial charge in [-0.05, 0) is 0 Å². The van der Waals surface area contributed by atoms with E-state index in [0.717, 1.165) is 0 Å². The SMILES string of the molecule is CCC[CH2][Ti]1([CH2]CCC)[CH]2C(CC)=C(CCC3=C(CC)[CH]1c1ccc4ccccc4c13)c1c2ccc2ccccc12. The molecule has 1 aliphatic heterocycles. The zero-order valence-electron chi connectivity index (χ0n) is 25.7. The number of rotatable bonds is 8. The molecule has 0 spiro atoms. The standard InChI is InChI=1S/C32H28.2C4H9.Ti/c1-3-21-19-25-15-13-23-9-5-7-11-27(23)31(25)29(21)17-18-30-22(4-2)20-26-16-14-24-10-6-8-12-28(24)32(26)30;2*1-3-4-2;/h5-16,19-20H,3-4,17-18H2,1-2H3;2*1,3-4H2,2H3;. The fourth-order valence-electron chi connectivity index (χ4n) is 9.63. The minimum atomic E-state index is -2.74. The van der Waals surface area contributed by atoms with Crippen LogP contribution in [0.15, 0.2) is 83.9 Å². The van der Waals surface area contributed by atoms with E-state index in [-0.39, 0.29) is 0 Å². The second-order valence-electron chi connectivity index (χ2n) is 13.0. The summed E-state index contributed by atoms with van der Waals surface area (Å²) in [4.78, 5) is 0. The van der Waals surface area contributed by atoms with Crippen LogP contribution in [0.4, 0.5) is 0 Å². The number of allylic oxidation sites excluding steroid dienone is 4. The Kier molecular flexibility index (Phi) is 7.37. The van der Waals surface area contributed by atoms with Crippen LogP contribution >= 0.6 is 0 Å². The Labute approximate surface area is 251 Å². The fourth-order valence-corrected chi connectivity index (χ4v) is 21.5. The summed E-state index contributed by atoms with van der Waals surface area (Å²) in [6.07, 6.45) is 10.2. The Bertz CT molecular complexity index is 1570. The predicted octanol–water partition coefficient (Wildman–Crippen LogP) is 12.5. The molecule has 0 fully saturated rings. The molecule has 41 heavy (non-hydrogen) atoms. The first-order valence-corrected chi connectivity index (χ1v) is 20.7. The van der Waals surface area contributed by atoms with Crippen molar-refractivity contribution in [1.29, 1.82) is 0 Å². The molecule has 2 atom stereocenters. The molecule has 0 saturated heterocycles. The summed E-state index contributed by atoms with van der Waals surface area (Å²) < 4.78 is 4.38. The van der Waals surface area contributed by atoms with E-state index in [4.69, 9.17) is 0 Å². The summed E-state index contributed by atoms with van der Waals surface area (Å²) in [5.74, 6) is 0. The van der Waals surface area contributed by atoms with Crippen LogP contribution in [0.25, 0.3) is 32.7 Å². The second-order valence-corrected chi connectivity index (χ2v) is 20.2. The van der Waals surface area contributed by atoms with Crippen LogP contribution in [0.2, 0.25) is 9.45 Å².